The summed E-state index contributed by atoms with van der Waals surface area (Å²) in [4.78, 5) is 26.7. The number of benzene rings is 2. The first-order valence-electron chi connectivity index (χ1n) is 9.85. The minimum Gasteiger partial charge on any atom is -0.326 e. The summed E-state index contributed by atoms with van der Waals surface area (Å²) in [6.45, 7) is 2.77. The molecule has 3 rings (SSSR count). The highest BCUT2D eigenvalue weighted by molar-refractivity contribution is 7.89. The Kier molecular flexibility index (Phi) is 6.73. The predicted molar refractivity (Wildman–Crippen MR) is 116 cm³/mol. The van der Waals surface area contributed by atoms with Crippen LogP contribution in [-0.2, 0) is 21.2 Å². The quantitative estimate of drug-likeness (QED) is 0.675. The number of nitrogens with zero attached hydrogens (tertiary/aromatic N) is 1. The van der Waals surface area contributed by atoms with Crippen LogP contribution in [0.4, 0.5) is 16.2 Å². The normalized spacial score (nSPS) is 14.9. The van der Waals surface area contributed by atoms with Crippen molar-refractivity contribution >= 4 is 33.3 Å². The molecule has 0 aromatic heterocycles. The zero-order chi connectivity index (χ0) is 21.7. The van der Waals surface area contributed by atoms with Crippen molar-refractivity contribution in [1.82, 2.24) is 4.90 Å². The summed E-state index contributed by atoms with van der Waals surface area (Å²) in [6, 6.07) is 13.7. The lowest BCUT2D eigenvalue weighted by atomic mass is 9.96. The molecule has 4 N–H and O–H groups in total. The molecule has 0 aliphatic carbocycles. The van der Waals surface area contributed by atoms with Gasteiger partial charge in [-0.15, -0.1) is 0 Å². The summed E-state index contributed by atoms with van der Waals surface area (Å²) in [5, 5.41) is 10.9. The van der Waals surface area contributed by atoms with E-state index < -0.39 is 10.0 Å². The van der Waals surface area contributed by atoms with E-state index in [2.05, 4.69) is 10.6 Å². The largest absolute Gasteiger partial charge is 0.326 e. The maximum Gasteiger partial charge on any atom is 0.321 e. The van der Waals surface area contributed by atoms with Crippen LogP contribution < -0.4 is 15.8 Å². The first kappa shape index (κ1) is 21.8. The molecule has 0 unspecified atom stereocenters. The number of para-hydroxylation sites is 1. The van der Waals surface area contributed by atoms with Crippen LogP contribution in [0.15, 0.2) is 53.4 Å². The van der Waals surface area contributed by atoms with Gasteiger partial charge in [-0.1, -0.05) is 31.2 Å². The SMILES string of the molecule is CCc1ccc(NC(=O)C2CCN(C(=O)Nc3ccccc3)CC2)cc1S(N)(=O)=O. The number of nitrogens with one attached hydrogen (secondary N) is 2. The first-order chi connectivity index (χ1) is 14.3. The van der Waals surface area contributed by atoms with Gasteiger partial charge in [0.15, 0.2) is 0 Å². The monoisotopic (exact) mass is 430 g/mol. The first-order valence-corrected chi connectivity index (χ1v) is 11.4. The molecule has 2 aromatic rings. The molecule has 0 saturated carbocycles. The van der Waals surface area contributed by atoms with Crippen molar-refractivity contribution in [2.24, 2.45) is 11.1 Å². The Hall–Kier alpha value is -2.91. The average Bonchev–Trinajstić information content (AvgIpc) is 2.74. The van der Waals surface area contributed by atoms with Crippen LogP contribution in [-0.4, -0.2) is 38.3 Å². The lowest BCUT2D eigenvalue weighted by molar-refractivity contribution is -0.121. The van der Waals surface area contributed by atoms with E-state index >= 15 is 0 Å². The number of primary sulfonamides is 1. The van der Waals surface area contributed by atoms with Crippen LogP contribution in [0.2, 0.25) is 0 Å². The second kappa shape index (κ2) is 9.27. The fourth-order valence-electron chi connectivity index (χ4n) is 3.50. The van der Waals surface area contributed by atoms with Gasteiger partial charge in [0.1, 0.15) is 0 Å². The molecule has 0 bridgehead atoms. The van der Waals surface area contributed by atoms with Crippen molar-refractivity contribution in [3.63, 3.8) is 0 Å². The molecule has 1 fully saturated rings. The number of hydrogen-bond acceptors (Lipinski definition) is 4. The third kappa shape index (κ3) is 5.37. The van der Waals surface area contributed by atoms with Crippen molar-refractivity contribution < 1.29 is 18.0 Å². The van der Waals surface area contributed by atoms with E-state index in [9.17, 15) is 18.0 Å². The third-order valence-corrected chi connectivity index (χ3v) is 6.19. The van der Waals surface area contributed by atoms with E-state index in [1.165, 1.54) is 6.07 Å². The molecule has 0 spiro atoms. The second-order valence-electron chi connectivity index (χ2n) is 7.27. The van der Waals surface area contributed by atoms with Crippen molar-refractivity contribution in [1.29, 1.82) is 0 Å². The lowest BCUT2D eigenvalue weighted by Gasteiger charge is -2.31. The molecular weight excluding hydrogens is 404 g/mol. The van der Waals surface area contributed by atoms with E-state index in [0.29, 0.717) is 43.6 Å². The minimum absolute atomic E-state index is 0.0233. The highest BCUT2D eigenvalue weighted by Crippen LogP contribution is 2.23. The highest BCUT2D eigenvalue weighted by Gasteiger charge is 2.27. The van der Waals surface area contributed by atoms with Gasteiger partial charge in [0, 0.05) is 30.4 Å². The molecule has 1 aliphatic heterocycles. The third-order valence-electron chi connectivity index (χ3n) is 5.20. The molecule has 0 radical (unpaired) electrons. The number of amides is 3. The van der Waals surface area contributed by atoms with Crippen molar-refractivity contribution in [2.45, 2.75) is 31.1 Å². The van der Waals surface area contributed by atoms with Gasteiger partial charge in [-0.25, -0.2) is 18.4 Å². The number of aryl methyl sites for hydroxylation is 1. The maximum atomic E-state index is 12.6. The zero-order valence-electron chi connectivity index (χ0n) is 16.8. The molecule has 160 valence electrons. The standard InChI is InChI=1S/C21H26N4O4S/c1-2-15-8-9-18(14-19(15)30(22,28)29)23-20(26)16-10-12-25(13-11-16)21(27)24-17-6-4-3-5-7-17/h3-9,14,16H,2,10-13H2,1H3,(H,23,26)(H,24,27)(H2,22,28,29). The van der Waals surface area contributed by atoms with Gasteiger partial charge in [0.25, 0.3) is 0 Å². The molecule has 2 aromatic carbocycles. The second-order valence-corrected chi connectivity index (χ2v) is 8.80. The highest BCUT2D eigenvalue weighted by atomic mass is 32.2. The van der Waals surface area contributed by atoms with Crippen LogP contribution in [0.3, 0.4) is 0 Å². The number of likely N-dealkylation sites (tertiary alicyclic amines) is 1. The molecule has 1 aliphatic rings. The van der Waals surface area contributed by atoms with E-state index in [-0.39, 0.29) is 22.8 Å². The van der Waals surface area contributed by atoms with Crippen molar-refractivity contribution in [3.8, 4) is 0 Å². The lowest BCUT2D eigenvalue weighted by Crippen LogP contribution is -2.43. The molecule has 8 nitrogen and oxygen atoms in total. The Bertz CT molecular complexity index is 1020. The summed E-state index contributed by atoms with van der Waals surface area (Å²) >= 11 is 0. The molecular formula is C21H26N4O4S. The predicted octanol–water partition coefficient (Wildman–Crippen LogP) is 2.78. The van der Waals surface area contributed by atoms with E-state index in [1.807, 2.05) is 37.3 Å². The molecule has 30 heavy (non-hydrogen) atoms. The molecule has 3 amide bonds. The Morgan fingerprint density at radius 1 is 1.03 bits per heavy atom. The van der Waals surface area contributed by atoms with Gasteiger partial charge in [0.2, 0.25) is 15.9 Å². The van der Waals surface area contributed by atoms with Gasteiger partial charge in [0.05, 0.1) is 4.90 Å². The Morgan fingerprint density at radius 2 is 1.70 bits per heavy atom. The number of sulfonamides is 1. The summed E-state index contributed by atoms with van der Waals surface area (Å²) < 4.78 is 23.6. The van der Waals surface area contributed by atoms with Crippen molar-refractivity contribution in [2.75, 3.05) is 23.7 Å². The van der Waals surface area contributed by atoms with Crippen LogP contribution in [0, 0.1) is 5.92 Å². The number of piperidine rings is 1. The number of rotatable bonds is 5. The van der Waals surface area contributed by atoms with Crippen molar-refractivity contribution in [3.05, 3.63) is 54.1 Å². The Labute approximate surface area is 176 Å². The fourth-order valence-corrected chi connectivity index (χ4v) is 4.37. The van der Waals surface area contributed by atoms with Gasteiger partial charge in [-0.2, -0.15) is 0 Å². The fraction of sp³-hybridized carbons (Fsp3) is 0.333. The number of anilines is 2. The zero-order valence-corrected chi connectivity index (χ0v) is 17.6. The van der Waals surface area contributed by atoms with Crippen LogP contribution in [0.5, 0.6) is 0 Å². The summed E-state index contributed by atoms with van der Waals surface area (Å²) in [6.07, 6.45) is 1.58. The average molecular weight is 431 g/mol. The molecule has 1 heterocycles. The van der Waals surface area contributed by atoms with E-state index in [0.717, 1.165) is 5.69 Å². The molecule has 0 atom stereocenters. The molecule has 1 saturated heterocycles. The number of carbonyl (C=O) groups is 2. The number of carbonyl (C=O) groups excluding carboxylic acids is 2. The van der Waals surface area contributed by atoms with Crippen LogP contribution in [0.1, 0.15) is 25.3 Å². The van der Waals surface area contributed by atoms with Crippen LogP contribution >= 0.6 is 0 Å². The van der Waals surface area contributed by atoms with Gasteiger partial charge in [-0.3, -0.25) is 4.79 Å². The smallest absolute Gasteiger partial charge is 0.321 e. The summed E-state index contributed by atoms with van der Waals surface area (Å²) in [7, 11) is -3.87. The number of nitrogens with two attached hydrogens (primary N) is 1. The Morgan fingerprint density at radius 3 is 2.30 bits per heavy atom. The maximum absolute atomic E-state index is 12.6. The van der Waals surface area contributed by atoms with E-state index in [1.54, 1.807) is 17.0 Å². The van der Waals surface area contributed by atoms with Gasteiger partial charge < -0.3 is 15.5 Å². The number of hydrogen-bond donors (Lipinski definition) is 3. The number of urea groups is 1. The van der Waals surface area contributed by atoms with Crippen LogP contribution in [0.25, 0.3) is 0 Å². The van der Waals surface area contributed by atoms with Gasteiger partial charge in [-0.05, 0) is 49.1 Å². The van der Waals surface area contributed by atoms with Gasteiger partial charge >= 0.3 is 6.03 Å². The summed E-state index contributed by atoms with van der Waals surface area (Å²) in [5.41, 5.74) is 1.72. The molecule has 9 heteroatoms. The minimum atomic E-state index is -3.87. The van der Waals surface area contributed by atoms with E-state index in [4.69, 9.17) is 5.14 Å². The Balaban J connectivity index is 1.57. The summed E-state index contributed by atoms with van der Waals surface area (Å²) in [5.74, 6) is -0.447. The topological polar surface area (TPSA) is 122 Å².